The van der Waals surface area contributed by atoms with E-state index in [2.05, 4.69) is 50.8 Å². The molecule has 2 aliphatic rings. The summed E-state index contributed by atoms with van der Waals surface area (Å²) in [6.07, 6.45) is 5.41. The van der Waals surface area contributed by atoms with Gasteiger partial charge in [-0.1, -0.05) is 30.3 Å². The van der Waals surface area contributed by atoms with E-state index in [-0.39, 0.29) is 17.7 Å². The van der Waals surface area contributed by atoms with Gasteiger partial charge < -0.3 is 15.5 Å². The summed E-state index contributed by atoms with van der Waals surface area (Å²) in [4.78, 5) is 29.9. The number of nitrogens with one attached hydrogen (secondary N) is 2. The Morgan fingerprint density at radius 1 is 1.07 bits per heavy atom. The summed E-state index contributed by atoms with van der Waals surface area (Å²) in [6, 6.07) is 11.3. The molecule has 0 aromatic heterocycles. The van der Waals surface area contributed by atoms with Gasteiger partial charge in [0.15, 0.2) is 0 Å². The monoisotopic (exact) mass is 414 g/mol. The molecular weight excluding hydrogens is 376 g/mol. The van der Waals surface area contributed by atoms with Crippen LogP contribution in [0.5, 0.6) is 0 Å². The topological polar surface area (TPSA) is 64.7 Å². The standard InChI is InChI=1S/C24H38N4O2/c1-24(2,23(30)25-3)26-22(29)20-10-7-14-28(18-20)21-12-16-27(17-13-21)15-11-19-8-5-4-6-9-19/h4-6,8-9,20-21H,7,10-18H2,1-3H3,(H,25,30)(H,26,29)/t20-/m0/s1. The average Bonchev–Trinajstić information content (AvgIpc) is 2.78. The number of piperidine rings is 2. The normalized spacial score (nSPS) is 21.9. The molecule has 6 nitrogen and oxygen atoms in total. The number of benzene rings is 1. The van der Waals surface area contributed by atoms with Crippen molar-refractivity contribution >= 4 is 11.8 Å². The van der Waals surface area contributed by atoms with Crippen LogP contribution in [-0.2, 0) is 16.0 Å². The van der Waals surface area contributed by atoms with Crippen LogP contribution in [0.2, 0.25) is 0 Å². The molecule has 1 aromatic carbocycles. The van der Waals surface area contributed by atoms with Gasteiger partial charge in [0.2, 0.25) is 11.8 Å². The molecule has 0 bridgehead atoms. The van der Waals surface area contributed by atoms with E-state index in [4.69, 9.17) is 0 Å². The number of carbonyl (C=O) groups excluding carboxylic acids is 2. The van der Waals surface area contributed by atoms with Gasteiger partial charge in [-0.05, 0) is 71.1 Å². The summed E-state index contributed by atoms with van der Waals surface area (Å²) in [5.41, 5.74) is 0.530. The number of amides is 2. The van der Waals surface area contributed by atoms with Gasteiger partial charge >= 0.3 is 0 Å². The van der Waals surface area contributed by atoms with E-state index in [0.717, 1.165) is 52.0 Å². The van der Waals surface area contributed by atoms with Gasteiger partial charge in [-0.2, -0.15) is 0 Å². The van der Waals surface area contributed by atoms with Crippen molar-refractivity contribution in [2.75, 3.05) is 39.8 Å². The Labute approximate surface area is 181 Å². The Hall–Kier alpha value is -1.92. The molecule has 3 rings (SSSR count). The SMILES string of the molecule is CNC(=O)C(C)(C)NC(=O)[C@H]1CCCN(C2CCN(CCc3ccccc3)CC2)C1. The van der Waals surface area contributed by atoms with Crippen molar-refractivity contribution in [3.8, 4) is 0 Å². The molecule has 0 unspecified atom stereocenters. The van der Waals surface area contributed by atoms with Crippen LogP contribution in [0.25, 0.3) is 0 Å². The summed E-state index contributed by atoms with van der Waals surface area (Å²) in [5, 5.41) is 5.58. The van der Waals surface area contributed by atoms with Crippen molar-refractivity contribution in [3.63, 3.8) is 0 Å². The molecular formula is C24H38N4O2. The second-order valence-corrected chi connectivity index (χ2v) is 9.34. The van der Waals surface area contributed by atoms with Gasteiger partial charge in [-0.25, -0.2) is 0 Å². The van der Waals surface area contributed by atoms with E-state index in [0.29, 0.717) is 6.04 Å². The van der Waals surface area contributed by atoms with Crippen LogP contribution < -0.4 is 10.6 Å². The van der Waals surface area contributed by atoms with E-state index >= 15 is 0 Å². The summed E-state index contributed by atoms with van der Waals surface area (Å²) in [5.74, 6) is -0.182. The molecule has 30 heavy (non-hydrogen) atoms. The Kier molecular flexibility index (Phi) is 7.89. The Balaban J connectivity index is 1.44. The molecule has 2 N–H and O–H groups in total. The number of hydrogen-bond acceptors (Lipinski definition) is 4. The van der Waals surface area contributed by atoms with Gasteiger partial charge in [0.05, 0.1) is 5.92 Å². The highest BCUT2D eigenvalue weighted by atomic mass is 16.2. The van der Waals surface area contributed by atoms with Crippen LogP contribution in [0.4, 0.5) is 0 Å². The first kappa shape index (κ1) is 22.8. The molecule has 2 aliphatic heterocycles. The highest BCUT2D eigenvalue weighted by molar-refractivity contribution is 5.91. The third-order valence-electron chi connectivity index (χ3n) is 6.69. The number of rotatable bonds is 7. The number of likely N-dealkylation sites (tertiary alicyclic amines) is 2. The first-order valence-corrected chi connectivity index (χ1v) is 11.4. The summed E-state index contributed by atoms with van der Waals surface area (Å²) < 4.78 is 0. The van der Waals surface area contributed by atoms with E-state index in [9.17, 15) is 9.59 Å². The molecule has 1 aromatic rings. The maximum absolute atomic E-state index is 12.8. The van der Waals surface area contributed by atoms with Crippen molar-refractivity contribution < 1.29 is 9.59 Å². The maximum Gasteiger partial charge on any atom is 0.244 e. The third kappa shape index (κ3) is 6.05. The van der Waals surface area contributed by atoms with Crippen molar-refractivity contribution in [3.05, 3.63) is 35.9 Å². The van der Waals surface area contributed by atoms with Crippen molar-refractivity contribution in [1.82, 2.24) is 20.4 Å². The van der Waals surface area contributed by atoms with Crippen molar-refractivity contribution in [1.29, 1.82) is 0 Å². The van der Waals surface area contributed by atoms with Gasteiger partial charge in [0.1, 0.15) is 5.54 Å². The lowest BCUT2D eigenvalue weighted by molar-refractivity contribution is -0.135. The molecule has 2 saturated heterocycles. The summed E-state index contributed by atoms with van der Waals surface area (Å²) in [6.45, 7) is 8.80. The zero-order chi connectivity index (χ0) is 21.6. The first-order valence-electron chi connectivity index (χ1n) is 11.4. The lowest BCUT2D eigenvalue weighted by Gasteiger charge is -2.42. The highest BCUT2D eigenvalue weighted by Gasteiger charge is 2.35. The zero-order valence-electron chi connectivity index (χ0n) is 18.8. The number of likely N-dealkylation sites (N-methyl/N-ethyl adjacent to an activating group) is 1. The van der Waals surface area contributed by atoms with Crippen LogP contribution in [0.3, 0.4) is 0 Å². The predicted octanol–water partition coefficient (Wildman–Crippen LogP) is 2.05. The minimum Gasteiger partial charge on any atom is -0.357 e. The number of nitrogens with zero attached hydrogens (tertiary/aromatic N) is 2. The van der Waals surface area contributed by atoms with Gasteiger partial charge in [0, 0.05) is 26.2 Å². The second-order valence-electron chi connectivity index (χ2n) is 9.34. The molecule has 0 aliphatic carbocycles. The lowest BCUT2D eigenvalue weighted by Crippen LogP contribution is -2.57. The fourth-order valence-electron chi connectivity index (χ4n) is 4.77. The van der Waals surface area contributed by atoms with Crippen LogP contribution in [0.1, 0.15) is 45.1 Å². The van der Waals surface area contributed by atoms with E-state index in [1.165, 1.54) is 18.4 Å². The Bertz CT molecular complexity index is 698. The third-order valence-corrected chi connectivity index (χ3v) is 6.69. The quantitative estimate of drug-likeness (QED) is 0.717. The minimum absolute atomic E-state index is 0.00796. The molecule has 166 valence electrons. The highest BCUT2D eigenvalue weighted by Crippen LogP contribution is 2.24. The van der Waals surface area contributed by atoms with Gasteiger partial charge in [-0.15, -0.1) is 0 Å². The molecule has 2 amide bonds. The molecule has 0 radical (unpaired) electrons. The second kappa shape index (κ2) is 10.4. The van der Waals surface area contributed by atoms with Crippen LogP contribution >= 0.6 is 0 Å². The summed E-state index contributed by atoms with van der Waals surface area (Å²) in [7, 11) is 1.60. The number of carbonyl (C=O) groups is 2. The molecule has 2 heterocycles. The van der Waals surface area contributed by atoms with Crippen LogP contribution in [0, 0.1) is 5.92 Å². The maximum atomic E-state index is 12.8. The number of hydrogen-bond donors (Lipinski definition) is 2. The smallest absolute Gasteiger partial charge is 0.244 e. The molecule has 2 fully saturated rings. The molecule has 0 saturated carbocycles. The van der Waals surface area contributed by atoms with E-state index in [1.54, 1.807) is 20.9 Å². The largest absolute Gasteiger partial charge is 0.357 e. The minimum atomic E-state index is -0.877. The van der Waals surface area contributed by atoms with Crippen LogP contribution in [-0.4, -0.2) is 73.0 Å². The fourth-order valence-corrected chi connectivity index (χ4v) is 4.77. The predicted molar refractivity (Wildman–Crippen MR) is 120 cm³/mol. The van der Waals surface area contributed by atoms with E-state index in [1.807, 2.05) is 0 Å². The van der Waals surface area contributed by atoms with Gasteiger partial charge in [-0.3, -0.25) is 14.5 Å². The molecule has 0 spiro atoms. The Morgan fingerprint density at radius 2 is 1.77 bits per heavy atom. The Morgan fingerprint density at radius 3 is 2.43 bits per heavy atom. The lowest BCUT2D eigenvalue weighted by atomic mass is 9.92. The van der Waals surface area contributed by atoms with Gasteiger partial charge in [0.25, 0.3) is 0 Å². The van der Waals surface area contributed by atoms with Crippen LogP contribution in [0.15, 0.2) is 30.3 Å². The van der Waals surface area contributed by atoms with Crippen molar-refractivity contribution in [2.45, 2.75) is 57.5 Å². The fraction of sp³-hybridized carbons (Fsp3) is 0.667. The zero-order valence-corrected chi connectivity index (χ0v) is 18.8. The average molecular weight is 415 g/mol. The van der Waals surface area contributed by atoms with E-state index < -0.39 is 5.54 Å². The van der Waals surface area contributed by atoms with Crippen molar-refractivity contribution in [2.24, 2.45) is 5.92 Å². The first-order chi connectivity index (χ1) is 14.4. The summed E-state index contributed by atoms with van der Waals surface area (Å²) >= 11 is 0. The molecule has 1 atom stereocenters. The molecule has 6 heteroatoms.